The summed E-state index contributed by atoms with van der Waals surface area (Å²) in [5.41, 5.74) is 10.8. The molecule has 3 aromatic rings. The number of carbonyl (C=O) groups excluding carboxylic acids is 1. The van der Waals surface area contributed by atoms with Crippen LogP contribution >= 0.6 is 0 Å². The van der Waals surface area contributed by atoms with E-state index in [1.807, 2.05) is 21.5 Å². The number of rotatable bonds is 3. The lowest BCUT2D eigenvalue weighted by molar-refractivity contribution is -0.114. The number of anilines is 2. The number of nitrogens with two attached hydrogens (primary N) is 1. The first kappa shape index (κ1) is 16.3. The van der Waals surface area contributed by atoms with Gasteiger partial charge in [-0.25, -0.2) is 4.98 Å². The molecular formula is C18H21N7O. The van der Waals surface area contributed by atoms with Gasteiger partial charge in [0.15, 0.2) is 5.82 Å². The highest BCUT2D eigenvalue weighted by molar-refractivity contribution is 5.88. The van der Waals surface area contributed by atoms with Crippen LogP contribution in [0.25, 0.3) is 22.6 Å². The lowest BCUT2D eigenvalue weighted by Crippen LogP contribution is -2.15. The number of carbonyl (C=O) groups is 1. The van der Waals surface area contributed by atoms with Gasteiger partial charge in [-0.05, 0) is 32.4 Å². The van der Waals surface area contributed by atoms with Crippen LogP contribution < -0.4 is 11.1 Å². The molecule has 0 radical (unpaired) electrons. The van der Waals surface area contributed by atoms with E-state index in [-0.39, 0.29) is 11.9 Å². The van der Waals surface area contributed by atoms with Gasteiger partial charge in [-0.15, -0.1) is 0 Å². The Morgan fingerprint density at radius 3 is 2.77 bits per heavy atom. The second-order valence-electron chi connectivity index (χ2n) is 6.75. The highest BCUT2D eigenvalue weighted by Gasteiger charge is 2.28. The van der Waals surface area contributed by atoms with Crippen LogP contribution in [0.4, 0.5) is 11.6 Å². The fourth-order valence-corrected chi connectivity index (χ4v) is 3.37. The van der Waals surface area contributed by atoms with Crippen molar-refractivity contribution in [1.82, 2.24) is 24.5 Å². The summed E-state index contributed by atoms with van der Waals surface area (Å²) in [4.78, 5) is 15.6. The molecule has 0 unspecified atom stereocenters. The van der Waals surface area contributed by atoms with Crippen molar-refractivity contribution in [3.05, 3.63) is 30.0 Å². The Morgan fingerprint density at radius 2 is 2.12 bits per heavy atom. The standard InChI is InChI=1S/C18H21N7O/c1-10(2)25-18-13(17(23-25)12-4-5-15(19)20-9-12)6-7-24-14(18)8-16(22-24)21-11(3)26/h4-5,8-10H,6-7H2,1-3H3,(H2,19,20)(H,21,22,26). The molecule has 0 saturated carbocycles. The number of hydrogen-bond donors (Lipinski definition) is 2. The van der Waals surface area contributed by atoms with Crippen LogP contribution in [-0.2, 0) is 17.8 Å². The van der Waals surface area contributed by atoms with Gasteiger partial charge in [-0.1, -0.05) is 0 Å². The Balaban J connectivity index is 1.88. The fourth-order valence-electron chi connectivity index (χ4n) is 3.37. The summed E-state index contributed by atoms with van der Waals surface area (Å²) in [5, 5.41) is 12.1. The maximum Gasteiger partial charge on any atom is 0.222 e. The zero-order valence-corrected chi connectivity index (χ0v) is 15.0. The summed E-state index contributed by atoms with van der Waals surface area (Å²) in [6.07, 6.45) is 2.58. The third kappa shape index (κ3) is 2.63. The van der Waals surface area contributed by atoms with E-state index in [4.69, 9.17) is 10.8 Å². The number of aromatic nitrogens is 5. The number of hydrogen-bond acceptors (Lipinski definition) is 5. The fraction of sp³-hybridized carbons (Fsp3) is 0.333. The van der Waals surface area contributed by atoms with E-state index in [1.54, 1.807) is 12.3 Å². The van der Waals surface area contributed by atoms with Crippen molar-refractivity contribution >= 4 is 17.5 Å². The van der Waals surface area contributed by atoms with Gasteiger partial charge in [0.2, 0.25) is 5.91 Å². The Bertz CT molecular complexity index is 982. The predicted molar refractivity (Wildman–Crippen MR) is 99.5 cm³/mol. The molecule has 3 aromatic heterocycles. The van der Waals surface area contributed by atoms with Gasteiger partial charge in [-0.2, -0.15) is 10.2 Å². The molecule has 0 bridgehead atoms. The number of amides is 1. The maximum atomic E-state index is 11.4. The first-order valence-corrected chi connectivity index (χ1v) is 8.63. The van der Waals surface area contributed by atoms with Crippen LogP contribution in [0.5, 0.6) is 0 Å². The lowest BCUT2D eigenvalue weighted by Gasteiger charge is -2.18. The average molecular weight is 351 g/mol. The Morgan fingerprint density at radius 1 is 1.31 bits per heavy atom. The molecule has 8 nitrogen and oxygen atoms in total. The van der Waals surface area contributed by atoms with Gasteiger partial charge < -0.3 is 11.1 Å². The second-order valence-corrected chi connectivity index (χ2v) is 6.75. The van der Waals surface area contributed by atoms with Crippen molar-refractivity contribution in [3.63, 3.8) is 0 Å². The molecule has 0 aromatic carbocycles. The molecule has 26 heavy (non-hydrogen) atoms. The molecule has 0 spiro atoms. The van der Waals surface area contributed by atoms with E-state index >= 15 is 0 Å². The number of aryl methyl sites for hydroxylation is 1. The normalized spacial score (nSPS) is 12.8. The highest BCUT2D eigenvalue weighted by atomic mass is 16.1. The maximum absolute atomic E-state index is 11.4. The van der Waals surface area contributed by atoms with Crippen molar-refractivity contribution < 1.29 is 4.79 Å². The molecule has 1 amide bonds. The zero-order chi connectivity index (χ0) is 18.4. The minimum Gasteiger partial charge on any atom is -0.384 e. The van der Waals surface area contributed by atoms with Crippen molar-refractivity contribution in [2.24, 2.45) is 0 Å². The number of nitrogens with one attached hydrogen (secondary N) is 1. The second kappa shape index (κ2) is 5.98. The molecule has 134 valence electrons. The minimum absolute atomic E-state index is 0.133. The Hall–Kier alpha value is -3.16. The third-order valence-electron chi connectivity index (χ3n) is 4.46. The number of nitrogens with zero attached hydrogens (tertiary/aromatic N) is 5. The summed E-state index contributed by atoms with van der Waals surface area (Å²) >= 11 is 0. The van der Waals surface area contributed by atoms with E-state index in [0.29, 0.717) is 11.6 Å². The predicted octanol–water partition coefficient (Wildman–Crippen LogP) is 2.49. The SMILES string of the molecule is CC(=O)Nc1cc2n(n1)CCc1c(-c3ccc(N)nc3)nn(C(C)C)c1-2. The third-order valence-corrected chi connectivity index (χ3v) is 4.46. The highest BCUT2D eigenvalue weighted by Crippen LogP contribution is 2.38. The molecule has 0 aliphatic carbocycles. The quantitative estimate of drug-likeness (QED) is 0.754. The molecule has 4 rings (SSSR count). The van der Waals surface area contributed by atoms with Crippen LogP contribution in [0.2, 0.25) is 0 Å². The number of pyridine rings is 1. The summed E-state index contributed by atoms with van der Waals surface area (Å²) in [6.45, 7) is 6.42. The van der Waals surface area contributed by atoms with Crippen LogP contribution in [0.15, 0.2) is 24.4 Å². The molecular weight excluding hydrogens is 330 g/mol. The molecule has 1 aliphatic heterocycles. The Labute approximate surface area is 151 Å². The summed E-state index contributed by atoms with van der Waals surface area (Å²) in [7, 11) is 0. The van der Waals surface area contributed by atoms with Crippen molar-refractivity contribution in [2.75, 3.05) is 11.1 Å². The first-order valence-electron chi connectivity index (χ1n) is 8.63. The van der Waals surface area contributed by atoms with Gasteiger partial charge in [0.1, 0.15) is 5.82 Å². The van der Waals surface area contributed by atoms with E-state index in [9.17, 15) is 4.79 Å². The average Bonchev–Trinajstić information content (AvgIpc) is 3.15. The summed E-state index contributed by atoms with van der Waals surface area (Å²) < 4.78 is 3.95. The van der Waals surface area contributed by atoms with E-state index in [0.717, 1.165) is 35.6 Å². The van der Waals surface area contributed by atoms with Crippen LogP contribution in [-0.4, -0.2) is 30.5 Å². The molecule has 0 fully saturated rings. The summed E-state index contributed by atoms with van der Waals surface area (Å²) in [6, 6.07) is 5.83. The van der Waals surface area contributed by atoms with Gasteiger partial charge in [0, 0.05) is 42.9 Å². The van der Waals surface area contributed by atoms with Gasteiger partial charge in [0.05, 0.1) is 17.1 Å². The zero-order valence-electron chi connectivity index (χ0n) is 15.0. The molecule has 1 aliphatic rings. The van der Waals surface area contributed by atoms with Gasteiger partial charge in [0.25, 0.3) is 0 Å². The molecule has 0 saturated heterocycles. The molecule has 0 atom stereocenters. The Kier molecular flexibility index (Phi) is 3.75. The summed E-state index contributed by atoms with van der Waals surface area (Å²) in [5.74, 6) is 0.920. The smallest absolute Gasteiger partial charge is 0.222 e. The first-order chi connectivity index (χ1) is 12.4. The van der Waals surface area contributed by atoms with Gasteiger partial charge in [-0.3, -0.25) is 14.2 Å². The number of nitrogen functional groups attached to an aromatic ring is 1. The topological polar surface area (TPSA) is 104 Å². The van der Waals surface area contributed by atoms with Crippen LogP contribution in [0, 0.1) is 0 Å². The molecule has 4 heterocycles. The lowest BCUT2D eigenvalue weighted by atomic mass is 10.00. The van der Waals surface area contributed by atoms with Crippen molar-refractivity contribution in [1.29, 1.82) is 0 Å². The van der Waals surface area contributed by atoms with Crippen LogP contribution in [0.1, 0.15) is 32.4 Å². The van der Waals surface area contributed by atoms with E-state index < -0.39 is 0 Å². The largest absolute Gasteiger partial charge is 0.384 e. The minimum atomic E-state index is -0.133. The van der Waals surface area contributed by atoms with E-state index in [1.165, 1.54) is 12.5 Å². The van der Waals surface area contributed by atoms with Crippen molar-refractivity contribution in [3.8, 4) is 22.6 Å². The van der Waals surface area contributed by atoms with Gasteiger partial charge >= 0.3 is 0 Å². The molecule has 3 N–H and O–H groups in total. The monoisotopic (exact) mass is 351 g/mol. The molecule has 8 heteroatoms. The van der Waals surface area contributed by atoms with Crippen LogP contribution in [0.3, 0.4) is 0 Å². The number of fused-ring (bicyclic) bond motifs is 3. The van der Waals surface area contributed by atoms with Crippen molar-refractivity contribution in [2.45, 2.75) is 39.8 Å². The van der Waals surface area contributed by atoms with E-state index in [2.05, 4.69) is 29.2 Å².